The van der Waals surface area contributed by atoms with Gasteiger partial charge in [0.15, 0.2) is 11.0 Å². The molecule has 24 heavy (non-hydrogen) atoms. The van der Waals surface area contributed by atoms with Gasteiger partial charge in [0, 0.05) is 18.5 Å². The van der Waals surface area contributed by atoms with Crippen LogP contribution >= 0.6 is 11.6 Å². The minimum absolute atomic E-state index is 0.110. The Kier molecular flexibility index (Phi) is 4.72. The van der Waals surface area contributed by atoms with E-state index in [0.717, 1.165) is 11.3 Å². The fourth-order valence-electron chi connectivity index (χ4n) is 2.13. The Hall–Kier alpha value is -2.93. The maximum Gasteiger partial charge on any atom is 0.252 e. The number of carbonyl (C=O) groups excluding carboxylic acids is 1. The van der Waals surface area contributed by atoms with Gasteiger partial charge >= 0.3 is 0 Å². The smallest absolute Gasteiger partial charge is 0.252 e. The molecule has 3 N–H and O–H groups in total. The normalized spacial score (nSPS) is 10.5. The third kappa shape index (κ3) is 3.69. The quantitative estimate of drug-likeness (QED) is 0.712. The number of amides is 1. The summed E-state index contributed by atoms with van der Waals surface area (Å²) >= 11 is 5.72. The standard InChI is InChI=1S/C16H14ClN5O2/c17-13-8-12(14(18)23)15(22-21-13)19-7-6-11-9-24-16(20-11)10-4-2-1-3-5-10/h1-5,8-9H,6-7H2,(H2,18,23)(H,19,22). The number of rotatable bonds is 6. The molecule has 1 aromatic carbocycles. The maximum atomic E-state index is 11.4. The van der Waals surface area contributed by atoms with Gasteiger partial charge < -0.3 is 15.5 Å². The van der Waals surface area contributed by atoms with Gasteiger partial charge in [-0.25, -0.2) is 4.98 Å². The summed E-state index contributed by atoms with van der Waals surface area (Å²) in [6.45, 7) is 0.483. The van der Waals surface area contributed by atoms with Gasteiger partial charge in [0.05, 0.1) is 11.3 Å². The van der Waals surface area contributed by atoms with Crippen molar-refractivity contribution < 1.29 is 9.21 Å². The van der Waals surface area contributed by atoms with E-state index in [4.69, 9.17) is 21.8 Å². The van der Waals surface area contributed by atoms with Crippen molar-refractivity contribution in [1.29, 1.82) is 0 Å². The largest absolute Gasteiger partial charge is 0.444 e. The Morgan fingerprint density at radius 2 is 2.04 bits per heavy atom. The van der Waals surface area contributed by atoms with Crippen LogP contribution < -0.4 is 11.1 Å². The molecule has 0 aliphatic carbocycles. The molecule has 8 heteroatoms. The van der Waals surface area contributed by atoms with Crippen LogP contribution in [0.2, 0.25) is 5.15 Å². The zero-order valence-electron chi connectivity index (χ0n) is 12.6. The van der Waals surface area contributed by atoms with Gasteiger partial charge in [-0.05, 0) is 18.2 Å². The Bertz CT molecular complexity index is 851. The van der Waals surface area contributed by atoms with Crippen LogP contribution in [0.3, 0.4) is 0 Å². The van der Waals surface area contributed by atoms with E-state index in [1.807, 2.05) is 30.3 Å². The highest BCUT2D eigenvalue weighted by atomic mass is 35.5. The summed E-state index contributed by atoms with van der Waals surface area (Å²) in [5, 5.41) is 10.7. The molecule has 3 rings (SSSR count). The predicted molar refractivity (Wildman–Crippen MR) is 89.7 cm³/mol. The Balaban J connectivity index is 1.64. The second-order valence-electron chi connectivity index (χ2n) is 4.98. The monoisotopic (exact) mass is 343 g/mol. The second-order valence-corrected chi connectivity index (χ2v) is 5.37. The van der Waals surface area contributed by atoms with Crippen LogP contribution in [0.5, 0.6) is 0 Å². The SMILES string of the molecule is NC(=O)c1cc(Cl)nnc1NCCc1coc(-c2ccccc2)n1. The molecule has 0 radical (unpaired) electrons. The van der Waals surface area contributed by atoms with E-state index in [1.54, 1.807) is 6.26 Å². The average Bonchev–Trinajstić information content (AvgIpc) is 3.06. The van der Waals surface area contributed by atoms with E-state index in [1.165, 1.54) is 6.07 Å². The molecular formula is C16H14ClN5O2. The van der Waals surface area contributed by atoms with Gasteiger partial charge in [0.2, 0.25) is 5.89 Å². The number of hydrogen-bond donors (Lipinski definition) is 2. The summed E-state index contributed by atoms with van der Waals surface area (Å²) in [6, 6.07) is 11.0. The van der Waals surface area contributed by atoms with E-state index >= 15 is 0 Å². The number of anilines is 1. The topological polar surface area (TPSA) is 107 Å². The fraction of sp³-hybridized carbons (Fsp3) is 0.125. The van der Waals surface area contributed by atoms with E-state index in [9.17, 15) is 4.79 Å². The maximum absolute atomic E-state index is 11.4. The van der Waals surface area contributed by atoms with Gasteiger partial charge in [0.25, 0.3) is 5.91 Å². The molecule has 0 unspecified atom stereocenters. The molecule has 1 amide bonds. The molecule has 0 atom stereocenters. The molecule has 2 heterocycles. The minimum Gasteiger partial charge on any atom is -0.444 e. The van der Waals surface area contributed by atoms with Gasteiger partial charge in [-0.1, -0.05) is 29.8 Å². The molecule has 0 aliphatic rings. The Morgan fingerprint density at radius 3 is 2.79 bits per heavy atom. The number of halogens is 1. The van der Waals surface area contributed by atoms with Crippen LogP contribution in [0.1, 0.15) is 16.1 Å². The number of nitrogens with one attached hydrogen (secondary N) is 1. The zero-order valence-corrected chi connectivity index (χ0v) is 13.3. The van der Waals surface area contributed by atoms with Crippen molar-refractivity contribution in [2.24, 2.45) is 5.73 Å². The van der Waals surface area contributed by atoms with E-state index in [0.29, 0.717) is 24.7 Å². The first-order valence-electron chi connectivity index (χ1n) is 7.20. The molecule has 0 bridgehead atoms. The first kappa shape index (κ1) is 15.9. The molecule has 0 fully saturated rings. The van der Waals surface area contributed by atoms with E-state index in [-0.39, 0.29) is 10.7 Å². The summed E-state index contributed by atoms with van der Waals surface area (Å²) in [5.41, 5.74) is 7.19. The number of nitrogens with two attached hydrogens (primary N) is 1. The molecule has 0 aliphatic heterocycles. The average molecular weight is 344 g/mol. The molecule has 3 aromatic rings. The molecular weight excluding hydrogens is 330 g/mol. The molecule has 0 spiro atoms. The van der Waals surface area contributed by atoms with E-state index < -0.39 is 5.91 Å². The highest BCUT2D eigenvalue weighted by Crippen LogP contribution is 2.18. The van der Waals surface area contributed by atoms with Crippen LogP contribution in [0, 0.1) is 0 Å². The number of benzene rings is 1. The Labute approximate surface area is 142 Å². The fourth-order valence-corrected chi connectivity index (χ4v) is 2.28. The lowest BCUT2D eigenvalue weighted by molar-refractivity contribution is 0.100. The second kappa shape index (κ2) is 7.10. The van der Waals surface area contributed by atoms with E-state index in [2.05, 4.69) is 20.5 Å². The summed E-state index contributed by atoms with van der Waals surface area (Å²) in [6.07, 6.45) is 2.19. The van der Waals surface area contributed by atoms with Crippen LogP contribution in [-0.2, 0) is 6.42 Å². The molecule has 0 saturated heterocycles. The Morgan fingerprint density at radius 1 is 1.25 bits per heavy atom. The first-order chi connectivity index (χ1) is 11.6. The van der Waals surface area contributed by atoms with Gasteiger partial charge in [-0.3, -0.25) is 4.79 Å². The zero-order chi connectivity index (χ0) is 16.9. The predicted octanol–water partition coefficient (Wildman–Crippen LogP) is 2.54. The summed E-state index contributed by atoms with van der Waals surface area (Å²) in [7, 11) is 0. The van der Waals surface area contributed by atoms with Crippen molar-refractivity contribution in [3.8, 4) is 11.5 Å². The summed E-state index contributed by atoms with van der Waals surface area (Å²) in [4.78, 5) is 15.8. The van der Waals surface area contributed by atoms with Gasteiger partial charge in [-0.15, -0.1) is 10.2 Å². The van der Waals surface area contributed by atoms with Crippen LogP contribution in [0.15, 0.2) is 47.1 Å². The van der Waals surface area contributed by atoms with Gasteiger partial charge in [0.1, 0.15) is 6.26 Å². The lowest BCUT2D eigenvalue weighted by Crippen LogP contribution is -2.17. The first-order valence-corrected chi connectivity index (χ1v) is 7.58. The van der Waals surface area contributed by atoms with Crippen LogP contribution in [-0.4, -0.2) is 27.6 Å². The third-order valence-corrected chi connectivity index (χ3v) is 3.46. The molecule has 0 saturated carbocycles. The highest BCUT2D eigenvalue weighted by molar-refractivity contribution is 6.29. The number of nitrogens with zero attached hydrogens (tertiary/aromatic N) is 3. The number of primary amides is 1. The highest BCUT2D eigenvalue weighted by Gasteiger charge is 2.12. The molecule has 122 valence electrons. The van der Waals surface area contributed by atoms with Crippen LogP contribution in [0.25, 0.3) is 11.5 Å². The third-order valence-electron chi connectivity index (χ3n) is 3.28. The summed E-state index contributed by atoms with van der Waals surface area (Å²) in [5.74, 6) is 0.232. The lowest BCUT2D eigenvalue weighted by atomic mass is 10.2. The number of aromatic nitrogens is 3. The molecule has 7 nitrogen and oxygen atoms in total. The van der Waals surface area contributed by atoms with Crippen molar-refractivity contribution in [1.82, 2.24) is 15.2 Å². The summed E-state index contributed by atoms with van der Waals surface area (Å²) < 4.78 is 5.47. The van der Waals surface area contributed by atoms with Crippen molar-refractivity contribution in [3.63, 3.8) is 0 Å². The van der Waals surface area contributed by atoms with Crippen molar-refractivity contribution in [3.05, 3.63) is 59.1 Å². The van der Waals surface area contributed by atoms with Crippen LogP contribution in [0.4, 0.5) is 5.82 Å². The van der Waals surface area contributed by atoms with Crippen molar-refractivity contribution >= 4 is 23.3 Å². The van der Waals surface area contributed by atoms with Gasteiger partial charge in [-0.2, -0.15) is 0 Å². The number of hydrogen-bond acceptors (Lipinski definition) is 6. The van der Waals surface area contributed by atoms with Crippen molar-refractivity contribution in [2.75, 3.05) is 11.9 Å². The number of oxazole rings is 1. The lowest BCUT2D eigenvalue weighted by Gasteiger charge is -2.07. The molecule has 2 aromatic heterocycles. The van der Waals surface area contributed by atoms with Crippen molar-refractivity contribution in [2.45, 2.75) is 6.42 Å². The number of carbonyl (C=O) groups is 1. The minimum atomic E-state index is -0.623.